The highest BCUT2D eigenvalue weighted by Gasteiger charge is 2.11. The lowest BCUT2D eigenvalue weighted by Crippen LogP contribution is -2.28. The monoisotopic (exact) mass is 360 g/mol. The third-order valence-electron chi connectivity index (χ3n) is 3.33. The third kappa shape index (κ3) is 5.42. The fourth-order valence-electron chi connectivity index (χ4n) is 2.04. The molecule has 1 aromatic heterocycles. The molecule has 0 aliphatic carbocycles. The summed E-state index contributed by atoms with van der Waals surface area (Å²) in [7, 11) is 3.06. The summed E-state index contributed by atoms with van der Waals surface area (Å²) in [5, 5.41) is 2.74. The van der Waals surface area contributed by atoms with Crippen LogP contribution in [-0.2, 0) is 16.0 Å². The lowest BCUT2D eigenvalue weighted by Gasteiger charge is -2.11. The zero-order valence-corrected chi connectivity index (χ0v) is 14.5. The number of aromatic nitrogens is 2. The van der Waals surface area contributed by atoms with Gasteiger partial charge in [-0.15, -0.1) is 0 Å². The summed E-state index contributed by atoms with van der Waals surface area (Å²) in [6.45, 7) is 0.905. The molecule has 138 valence electrons. The van der Waals surface area contributed by atoms with Crippen molar-refractivity contribution in [2.24, 2.45) is 5.73 Å². The quantitative estimate of drug-likeness (QED) is 0.630. The van der Waals surface area contributed by atoms with E-state index in [0.29, 0.717) is 24.7 Å². The highest BCUT2D eigenvalue weighted by Crippen LogP contribution is 2.31. The summed E-state index contributed by atoms with van der Waals surface area (Å²) in [5.74, 6) is 0.0584. The van der Waals surface area contributed by atoms with Gasteiger partial charge in [0.1, 0.15) is 0 Å². The SMILES string of the molecule is COCCNC(=O)Cc1ccc(Oc2ncc(C(N)=O)cn2)c(OC)c1. The van der Waals surface area contributed by atoms with Gasteiger partial charge in [0.2, 0.25) is 5.91 Å². The highest BCUT2D eigenvalue weighted by molar-refractivity contribution is 5.92. The first-order valence-corrected chi connectivity index (χ1v) is 7.75. The number of primary amides is 1. The van der Waals surface area contributed by atoms with Crippen LogP contribution in [-0.4, -0.2) is 49.2 Å². The molecule has 0 aliphatic rings. The smallest absolute Gasteiger partial charge is 0.322 e. The van der Waals surface area contributed by atoms with Crippen molar-refractivity contribution in [2.75, 3.05) is 27.4 Å². The molecule has 9 heteroatoms. The van der Waals surface area contributed by atoms with Gasteiger partial charge in [-0.2, -0.15) is 0 Å². The molecule has 0 spiro atoms. The molecule has 0 fully saturated rings. The van der Waals surface area contributed by atoms with Crippen LogP contribution in [0.25, 0.3) is 0 Å². The molecule has 3 N–H and O–H groups in total. The molecule has 0 bridgehead atoms. The standard InChI is InChI=1S/C17H20N4O5/c1-24-6-5-19-15(22)8-11-3-4-13(14(7-11)25-2)26-17-20-9-12(10-21-17)16(18)23/h3-4,7,9-10H,5-6,8H2,1-2H3,(H2,18,23)(H,19,22). The van der Waals surface area contributed by atoms with Crippen molar-refractivity contribution in [3.05, 3.63) is 41.7 Å². The van der Waals surface area contributed by atoms with Crippen molar-refractivity contribution in [1.29, 1.82) is 0 Å². The molecule has 1 heterocycles. The number of nitrogens with two attached hydrogens (primary N) is 1. The summed E-state index contributed by atoms with van der Waals surface area (Å²) in [6.07, 6.45) is 2.75. The molecule has 9 nitrogen and oxygen atoms in total. The Morgan fingerprint density at radius 1 is 1.15 bits per heavy atom. The fraction of sp³-hybridized carbons (Fsp3) is 0.294. The second-order valence-corrected chi connectivity index (χ2v) is 5.23. The maximum atomic E-state index is 11.9. The molecule has 26 heavy (non-hydrogen) atoms. The van der Waals surface area contributed by atoms with E-state index < -0.39 is 5.91 Å². The van der Waals surface area contributed by atoms with Gasteiger partial charge in [-0.1, -0.05) is 6.07 Å². The predicted molar refractivity (Wildman–Crippen MR) is 92.2 cm³/mol. The van der Waals surface area contributed by atoms with E-state index in [1.807, 2.05) is 0 Å². The van der Waals surface area contributed by atoms with Gasteiger partial charge in [-0.25, -0.2) is 9.97 Å². The van der Waals surface area contributed by atoms with E-state index in [-0.39, 0.29) is 23.9 Å². The van der Waals surface area contributed by atoms with Crippen LogP contribution in [0.15, 0.2) is 30.6 Å². The molecule has 0 radical (unpaired) electrons. The Bertz CT molecular complexity index is 764. The normalized spacial score (nSPS) is 10.2. The molecule has 2 aromatic rings. The first kappa shape index (κ1) is 19.1. The number of amides is 2. The van der Waals surface area contributed by atoms with E-state index in [2.05, 4.69) is 15.3 Å². The van der Waals surface area contributed by atoms with E-state index in [1.54, 1.807) is 25.3 Å². The molecular weight excluding hydrogens is 340 g/mol. The van der Waals surface area contributed by atoms with Gasteiger partial charge in [-0.05, 0) is 17.7 Å². The van der Waals surface area contributed by atoms with Crippen LogP contribution in [0.4, 0.5) is 0 Å². The maximum Gasteiger partial charge on any atom is 0.322 e. The predicted octanol–water partition coefficient (Wildman–Crippen LogP) is 0.681. The Kier molecular flexibility index (Phi) is 6.86. The number of nitrogens with one attached hydrogen (secondary N) is 1. The number of nitrogens with zero attached hydrogens (tertiary/aromatic N) is 2. The summed E-state index contributed by atoms with van der Waals surface area (Å²) in [5.41, 5.74) is 6.08. The molecule has 1 aromatic carbocycles. The molecule has 0 unspecified atom stereocenters. The van der Waals surface area contributed by atoms with Crippen LogP contribution in [0, 0.1) is 0 Å². The van der Waals surface area contributed by atoms with Crippen molar-refractivity contribution in [2.45, 2.75) is 6.42 Å². The number of benzene rings is 1. The summed E-state index contributed by atoms with van der Waals surface area (Å²) >= 11 is 0. The van der Waals surface area contributed by atoms with Crippen molar-refractivity contribution in [3.8, 4) is 17.5 Å². The topological polar surface area (TPSA) is 126 Å². The van der Waals surface area contributed by atoms with E-state index in [0.717, 1.165) is 5.56 Å². The van der Waals surface area contributed by atoms with Crippen LogP contribution in [0.3, 0.4) is 0 Å². The van der Waals surface area contributed by atoms with Crippen LogP contribution in [0.5, 0.6) is 17.5 Å². The molecule has 0 aliphatic heterocycles. The van der Waals surface area contributed by atoms with Crippen molar-refractivity contribution in [1.82, 2.24) is 15.3 Å². The van der Waals surface area contributed by atoms with Crippen LogP contribution < -0.4 is 20.5 Å². The minimum Gasteiger partial charge on any atom is -0.493 e. The van der Waals surface area contributed by atoms with Gasteiger partial charge >= 0.3 is 6.01 Å². The van der Waals surface area contributed by atoms with E-state index in [4.69, 9.17) is 19.9 Å². The minimum absolute atomic E-state index is 0.0401. The Morgan fingerprint density at radius 2 is 1.88 bits per heavy atom. The number of ether oxygens (including phenoxy) is 3. The number of rotatable bonds is 9. The van der Waals surface area contributed by atoms with Crippen molar-refractivity contribution in [3.63, 3.8) is 0 Å². The Balaban J connectivity index is 2.05. The largest absolute Gasteiger partial charge is 0.493 e. The third-order valence-corrected chi connectivity index (χ3v) is 3.33. The van der Waals surface area contributed by atoms with Gasteiger partial charge in [0.25, 0.3) is 5.91 Å². The molecule has 2 rings (SSSR count). The number of hydrogen-bond donors (Lipinski definition) is 2. The van der Waals surface area contributed by atoms with E-state index >= 15 is 0 Å². The van der Waals surface area contributed by atoms with Crippen molar-refractivity contribution < 1.29 is 23.8 Å². The molecule has 0 saturated heterocycles. The fourth-order valence-corrected chi connectivity index (χ4v) is 2.04. The molecular formula is C17H20N4O5. The molecule has 0 saturated carbocycles. The summed E-state index contributed by atoms with van der Waals surface area (Å²) in [4.78, 5) is 30.7. The van der Waals surface area contributed by atoms with Gasteiger partial charge in [-0.3, -0.25) is 9.59 Å². The first-order chi connectivity index (χ1) is 12.5. The van der Waals surface area contributed by atoms with E-state index in [1.165, 1.54) is 19.5 Å². The molecule has 2 amide bonds. The molecule has 0 atom stereocenters. The van der Waals surface area contributed by atoms with Crippen LogP contribution in [0.2, 0.25) is 0 Å². The lowest BCUT2D eigenvalue weighted by molar-refractivity contribution is -0.120. The summed E-state index contributed by atoms with van der Waals surface area (Å²) in [6, 6.07) is 5.13. The maximum absolute atomic E-state index is 11.9. The Morgan fingerprint density at radius 3 is 2.50 bits per heavy atom. The van der Waals surface area contributed by atoms with Gasteiger partial charge in [0.15, 0.2) is 11.5 Å². The number of methoxy groups -OCH3 is 2. The van der Waals surface area contributed by atoms with Gasteiger partial charge < -0.3 is 25.3 Å². The van der Waals surface area contributed by atoms with Crippen LogP contribution in [0.1, 0.15) is 15.9 Å². The average molecular weight is 360 g/mol. The van der Waals surface area contributed by atoms with Gasteiger partial charge in [0.05, 0.1) is 25.7 Å². The van der Waals surface area contributed by atoms with Crippen molar-refractivity contribution >= 4 is 11.8 Å². The van der Waals surface area contributed by atoms with E-state index in [9.17, 15) is 9.59 Å². The second kappa shape index (κ2) is 9.33. The zero-order chi connectivity index (χ0) is 18.9. The highest BCUT2D eigenvalue weighted by atomic mass is 16.5. The Hall–Kier alpha value is -3.20. The lowest BCUT2D eigenvalue weighted by atomic mass is 10.1. The van der Waals surface area contributed by atoms with Crippen LogP contribution >= 0.6 is 0 Å². The zero-order valence-electron chi connectivity index (χ0n) is 14.5. The second-order valence-electron chi connectivity index (χ2n) is 5.23. The van der Waals surface area contributed by atoms with Gasteiger partial charge in [0, 0.05) is 26.0 Å². The average Bonchev–Trinajstić information content (AvgIpc) is 2.63. The number of carbonyl (C=O) groups is 2. The number of carbonyl (C=O) groups excluding carboxylic acids is 2. The number of hydrogen-bond acceptors (Lipinski definition) is 7. The first-order valence-electron chi connectivity index (χ1n) is 7.75. The summed E-state index contributed by atoms with van der Waals surface area (Å²) < 4.78 is 15.7. The Labute approximate surface area is 150 Å². The minimum atomic E-state index is -0.623.